The van der Waals surface area contributed by atoms with E-state index < -0.39 is 0 Å². The van der Waals surface area contributed by atoms with Crippen molar-refractivity contribution < 1.29 is 4.74 Å². The second-order valence-corrected chi connectivity index (χ2v) is 3.81. The van der Waals surface area contributed by atoms with Crippen LogP contribution in [0.1, 0.15) is 19.3 Å². The molecule has 12 heavy (non-hydrogen) atoms. The lowest BCUT2D eigenvalue weighted by molar-refractivity contribution is 0.0150. The fourth-order valence-electron chi connectivity index (χ4n) is 2.33. The molecule has 2 unspecified atom stereocenters. The van der Waals surface area contributed by atoms with Gasteiger partial charge in [0, 0.05) is 25.2 Å². The number of rotatable bonds is 1. The normalized spacial score (nSPS) is 38.8. The Hall–Kier alpha value is -0.120. The largest absolute Gasteiger partial charge is 0.379 e. The van der Waals surface area contributed by atoms with Crippen molar-refractivity contribution >= 4 is 0 Å². The zero-order valence-electron chi connectivity index (χ0n) is 7.54. The SMILES string of the molecule is NC1CCCC1N1CCOCC1. The summed E-state index contributed by atoms with van der Waals surface area (Å²) in [5, 5.41) is 0. The van der Waals surface area contributed by atoms with E-state index in [1.807, 2.05) is 0 Å². The molecule has 2 rings (SSSR count). The molecule has 0 amide bonds. The van der Waals surface area contributed by atoms with Crippen molar-refractivity contribution in [1.82, 2.24) is 4.90 Å². The predicted molar refractivity (Wildman–Crippen MR) is 48.0 cm³/mol. The number of ether oxygens (including phenoxy) is 1. The minimum absolute atomic E-state index is 0.420. The van der Waals surface area contributed by atoms with Gasteiger partial charge in [-0.3, -0.25) is 4.90 Å². The Bertz CT molecular complexity index is 145. The Morgan fingerprint density at radius 3 is 2.50 bits per heavy atom. The fraction of sp³-hybridized carbons (Fsp3) is 1.00. The van der Waals surface area contributed by atoms with Gasteiger partial charge in [-0.05, 0) is 12.8 Å². The van der Waals surface area contributed by atoms with Gasteiger partial charge in [0.15, 0.2) is 0 Å². The molecule has 0 spiro atoms. The molecule has 1 aliphatic heterocycles. The summed E-state index contributed by atoms with van der Waals surface area (Å²) in [6.45, 7) is 3.95. The summed E-state index contributed by atoms with van der Waals surface area (Å²) in [5.74, 6) is 0. The summed E-state index contributed by atoms with van der Waals surface area (Å²) >= 11 is 0. The van der Waals surface area contributed by atoms with Crippen LogP contribution in [0, 0.1) is 0 Å². The molecule has 1 heterocycles. The summed E-state index contributed by atoms with van der Waals surface area (Å²) in [4.78, 5) is 2.50. The first-order valence-electron chi connectivity index (χ1n) is 4.95. The molecule has 1 saturated carbocycles. The second-order valence-electron chi connectivity index (χ2n) is 3.81. The van der Waals surface area contributed by atoms with Crippen LogP contribution in [-0.4, -0.2) is 43.3 Å². The van der Waals surface area contributed by atoms with E-state index >= 15 is 0 Å². The molecule has 0 aromatic rings. The van der Waals surface area contributed by atoms with Crippen LogP contribution in [0.3, 0.4) is 0 Å². The van der Waals surface area contributed by atoms with Crippen LogP contribution in [0.2, 0.25) is 0 Å². The number of hydrogen-bond donors (Lipinski definition) is 1. The third kappa shape index (κ3) is 1.63. The molecule has 0 radical (unpaired) electrons. The van der Waals surface area contributed by atoms with Crippen molar-refractivity contribution in [3.05, 3.63) is 0 Å². The smallest absolute Gasteiger partial charge is 0.0594 e. The lowest BCUT2D eigenvalue weighted by atomic mass is 10.1. The molecule has 2 fully saturated rings. The number of nitrogens with two attached hydrogens (primary N) is 1. The Morgan fingerprint density at radius 2 is 1.92 bits per heavy atom. The van der Waals surface area contributed by atoms with E-state index in [1.165, 1.54) is 19.3 Å². The van der Waals surface area contributed by atoms with Gasteiger partial charge in [-0.2, -0.15) is 0 Å². The molecule has 1 aliphatic carbocycles. The van der Waals surface area contributed by atoms with Crippen LogP contribution in [0.25, 0.3) is 0 Å². The highest BCUT2D eigenvalue weighted by molar-refractivity contribution is 4.88. The van der Waals surface area contributed by atoms with Crippen molar-refractivity contribution in [2.24, 2.45) is 5.73 Å². The third-order valence-corrected chi connectivity index (χ3v) is 3.05. The molecule has 2 atom stereocenters. The second kappa shape index (κ2) is 3.73. The Kier molecular flexibility index (Phi) is 2.63. The molecular weight excluding hydrogens is 152 g/mol. The molecule has 3 heteroatoms. The van der Waals surface area contributed by atoms with Crippen LogP contribution in [-0.2, 0) is 4.74 Å². The van der Waals surface area contributed by atoms with Crippen LogP contribution in [0.4, 0.5) is 0 Å². The van der Waals surface area contributed by atoms with Gasteiger partial charge in [-0.15, -0.1) is 0 Å². The first kappa shape index (κ1) is 8.48. The van der Waals surface area contributed by atoms with E-state index in [2.05, 4.69) is 4.90 Å². The maximum atomic E-state index is 6.03. The predicted octanol–water partition coefficient (Wildman–Crippen LogP) is 0.198. The summed E-state index contributed by atoms with van der Waals surface area (Å²) in [5.41, 5.74) is 6.03. The third-order valence-electron chi connectivity index (χ3n) is 3.05. The quantitative estimate of drug-likeness (QED) is 0.611. The van der Waals surface area contributed by atoms with Crippen molar-refractivity contribution in [1.29, 1.82) is 0 Å². The van der Waals surface area contributed by atoms with Gasteiger partial charge in [0.25, 0.3) is 0 Å². The summed E-state index contributed by atoms with van der Waals surface area (Å²) in [7, 11) is 0. The maximum Gasteiger partial charge on any atom is 0.0594 e. The van der Waals surface area contributed by atoms with E-state index in [0.717, 1.165) is 26.3 Å². The fourth-order valence-corrected chi connectivity index (χ4v) is 2.33. The molecule has 2 N–H and O–H groups in total. The minimum atomic E-state index is 0.420. The molecule has 0 bridgehead atoms. The lowest BCUT2D eigenvalue weighted by Crippen LogP contribution is -2.49. The zero-order valence-corrected chi connectivity index (χ0v) is 7.54. The summed E-state index contributed by atoms with van der Waals surface area (Å²) < 4.78 is 5.31. The standard InChI is InChI=1S/C9H18N2O/c10-8-2-1-3-9(8)11-4-6-12-7-5-11/h8-9H,1-7,10H2. The molecule has 70 valence electrons. The van der Waals surface area contributed by atoms with E-state index in [-0.39, 0.29) is 0 Å². The van der Waals surface area contributed by atoms with Gasteiger partial charge in [0.1, 0.15) is 0 Å². The first-order valence-corrected chi connectivity index (χ1v) is 4.95. The average Bonchev–Trinajstić information content (AvgIpc) is 2.53. The molecular formula is C9H18N2O. The van der Waals surface area contributed by atoms with Crippen LogP contribution in [0.5, 0.6) is 0 Å². The van der Waals surface area contributed by atoms with E-state index in [1.54, 1.807) is 0 Å². The van der Waals surface area contributed by atoms with Crippen LogP contribution in [0.15, 0.2) is 0 Å². The molecule has 1 saturated heterocycles. The zero-order chi connectivity index (χ0) is 8.39. The topological polar surface area (TPSA) is 38.5 Å². The van der Waals surface area contributed by atoms with Gasteiger partial charge in [-0.1, -0.05) is 6.42 Å². The van der Waals surface area contributed by atoms with Crippen LogP contribution >= 0.6 is 0 Å². The lowest BCUT2D eigenvalue weighted by Gasteiger charge is -2.34. The van der Waals surface area contributed by atoms with Gasteiger partial charge in [0.05, 0.1) is 13.2 Å². The summed E-state index contributed by atoms with van der Waals surface area (Å²) in [6.07, 6.45) is 3.81. The number of hydrogen-bond acceptors (Lipinski definition) is 3. The highest BCUT2D eigenvalue weighted by atomic mass is 16.5. The van der Waals surface area contributed by atoms with Gasteiger partial charge in [-0.25, -0.2) is 0 Å². The highest BCUT2D eigenvalue weighted by Gasteiger charge is 2.29. The molecule has 2 aliphatic rings. The van der Waals surface area contributed by atoms with Crippen molar-refractivity contribution in [3.63, 3.8) is 0 Å². The minimum Gasteiger partial charge on any atom is -0.379 e. The van der Waals surface area contributed by atoms with E-state index in [9.17, 15) is 0 Å². The number of nitrogens with zero attached hydrogens (tertiary/aromatic N) is 1. The molecule has 0 aromatic carbocycles. The average molecular weight is 170 g/mol. The van der Waals surface area contributed by atoms with Crippen molar-refractivity contribution in [3.8, 4) is 0 Å². The Morgan fingerprint density at radius 1 is 1.17 bits per heavy atom. The maximum absolute atomic E-state index is 6.03. The van der Waals surface area contributed by atoms with E-state index in [4.69, 9.17) is 10.5 Å². The van der Waals surface area contributed by atoms with Gasteiger partial charge in [0.2, 0.25) is 0 Å². The van der Waals surface area contributed by atoms with E-state index in [0.29, 0.717) is 12.1 Å². The van der Waals surface area contributed by atoms with Gasteiger partial charge < -0.3 is 10.5 Å². The van der Waals surface area contributed by atoms with Crippen molar-refractivity contribution in [2.45, 2.75) is 31.3 Å². The molecule has 0 aromatic heterocycles. The first-order chi connectivity index (χ1) is 5.88. The molecule has 3 nitrogen and oxygen atoms in total. The monoisotopic (exact) mass is 170 g/mol. The summed E-state index contributed by atoms with van der Waals surface area (Å²) in [6, 6.07) is 1.07. The van der Waals surface area contributed by atoms with Gasteiger partial charge >= 0.3 is 0 Å². The Labute approximate surface area is 73.9 Å². The van der Waals surface area contributed by atoms with Crippen LogP contribution < -0.4 is 5.73 Å². The number of morpholine rings is 1. The Balaban J connectivity index is 1.89. The van der Waals surface area contributed by atoms with Crippen molar-refractivity contribution in [2.75, 3.05) is 26.3 Å². The highest BCUT2D eigenvalue weighted by Crippen LogP contribution is 2.23.